The van der Waals surface area contributed by atoms with Crippen LogP contribution >= 0.6 is 0 Å². The molecule has 118 valence electrons. The Labute approximate surface area is 132 Å². The smallest absolute Gasteiger partial charge is 0.163 e. The van der Waals surface area contributed by atoms with E-state index in [1.807, 2.05) is 6.07 Å². The van der Waals surface area contributed by atoms with E-state index in [0.29, 0.717) is 29.6 Å². The van der Waals surface area contributed by atoms with Crippen molar-refractivity contribution >= 4 is 5.78 Å². The van der Waals surface area contributed by atoms with E-state index in [1.54, 1.807) is 12.1 Å². The molecule has 0 saturated heterocycles. The molecule has 0 radical (unpaired) electrons. The highest BCUT2D eigenvalue weighted by molar-refractivity contribution is 5.99. The second kappa shape index (κ2) is 4.84. The molecule has 1 N–H and O–H groups in total. The molecule has 2 saturated carbocycles. The van der Waals surface area contributed by atoms with Crippen LogP contribution in [0.5, 0.6) is 5.75 Å². The summed E-state index contributed by atoms with van der Waals surface area (Å²) in [5.74, 6) is 3.08. The summed E-state index contributed by atoms with van der Waals surface area (Å²) in [6.07, 6.45) is 7.13. The maximum Gasteiger partial charge on any atom is 0.163 e. The normalized spacial score (nSPS) is 40.0. The Hall–Kier alpha value is -1.31. The van der Waals surface area contributed by atoms with Crippen molar-refractivity contribution < 1.29 is 9.90 Å². The topological polar surface area (TPSA) is 37.3 Å². The van der Waals surface area contributed by atoms with Crippen molar-refractivity contribution in [3.05, 3.63) is 29.3 Å². The van der Waals surface area contributed by atoms with E-state index in [4.69, 9.17) is 0 Å². The molecule has 0 bridgehead atoms. The van der Waals surface area contributed by atoms with Gasteiger partial charge in [0.2, 0.25) is 0 Å². The van der Waals surface area contributed by atoms with Gasteiger partial charge in [-0.2, -0.15) is 0 Å². The lowest BCUT2D eigenvalue weighted by Gasteiger charge is -2.50. The van der Waals surface area contributed by atoms with Crippen molar-refractivity contribution in [2.45, 2.75) is 58.3 Å². The summed E-state index contributed by atoms with van der Waals surface area (Å²) in [5, 5.41) is 9.71. The number of fused-ring (bicyclic) bond motifs is 5. The van der Waals surface area contributed by atoms with Crippen molar-refractivity contribution in [1.82, 2.24) is 0 Å². The van der Waals surface area contributed by atoms with Crippen LogP contribution in [0, 0.1) is 23.2 Å². The minimum absolute atomic E-state index is 0.220. The van der Waals surface area contributed by atoms with Gasteiger partial charge < -0.3 is 5.11 Å². The Morgan fingerprint density at radius 3 is 2.86 bits per heavy atom. The molecule has 3 aliphatic carbocycles. The number of phenolic OH excluding ortho intramolecular Hbond substituents is 1. The van der Waals surface area contributed by atoms with Gasteiger partial charge >= 0.3 is 0 Å². The number of hydrogen-bond donors (Lipinski definition) is 1. The predicted molar refractivity (Wildman–Crippen MR) is 87.1 cm³/mol. The lowest BCUT2D eigenvalue weighted by atomic mass is 9.54. The van der Waals surface area contributed by atoms with Gasteiger partial charge in [0, 0.05) is 12.0 Å². The Kier molecular flexibility index (Phi) is 3.15. The van der Waals surface area contributed by atoms with Crippen LogP contribution in [-0.4, -0.2) is 10.9 Å². The van der Waals surface area contributed by atoms with Crippen LogP contribution in [-0.2, 0) is 0 Å². The molecule has 3 unspecified atom stereocenters. The summed E-state index contributed by atoms with van der Waals surface area (Å²) in [6, 6.07) is 5.45. The van der Waals surface area contributed by atoms with Gasteiger partial charge in [0.1, 0.15) is 5.75 Å². The molecule has 0 aliphatic heterocycles. The summed E-state index contributed by atoms with van der Waals surface area (Å²) in [5.41, 5.74) is 2.45. The van der Waals surface area contributed by atoms with Gasteiger partial charge in [-0.15, -0.1) is 0 Å². The van der Waals surface area contributed by atoms with Gasteiger partial charge in [-0.05, 0) is 72.5 Å². The molecule has 5 atom stereocenters. The number of Topliss-reactive ketones (excluding diaryl/α,β-unsaturated/α-hetero) is 1. The maximum atomic E-state index is 12.6. The van der Waals surface area contributed by atoms with Crippen molar-refractivity contribution in [3.63, 3.8) is 0 Å². The third kappa shape index (κ3) is 1.82. The molecule has 2 heteroatoms. The molecular weight excluding hydrogens is 272 g/mol. The Bertz CT molecular complexity index is 620. The monoisotopic (exact) mass is 298 g/mol. The zero-order valence-corrected chi connectivity index (χ0v) is 13.6. The molecule has 0 amide bonds. The molecule has 2 nitrogen and oxygen atoms in total. The van der Waals surface area contributed by atoms with Gasteiger partial charge in [-0.25, -0.2) is 0 Å². The van der Waals surface area contributed by atoms with Crippen LogP contribution in [0.2, 0.25) is 0 Å². The van der Waals surface area contributed by atoms with Crippen LogP contribution in [0.15, 0.2) is 18.2 Å². The van der Waals surface area contributed by atoms with E-state index >= 15 is 0 Å². The molecule has 3 aliphatic rings. The molecule has 0 aromatic heterocycles. The predicted octanol–water partition coefficient (Wildman–Crippen LogP) is 4.91. The highest BCUT2D eigenvalue weighted by atomic mass is 16.3. The summed E-state index contributed by atoms with van der Waals surface area (Å²) in [7, 11) is 0. The second-order valence-electron chi connectivity index (χ2n) is 8.00. The average molecular weight is 298 g/mol. The maximum absolute atomic E-state index is 12.6. The minimum Gasteiger partial charge on any atom is -0.508 e. The minimum atomic E-state index is 0.220. The molecule has 2 fully saturated rings. The van der Waals surface area contributed by atoms with Crippen LogP contribution in [0.1, 0.15) is 74.2 Å². The van der Waals surface area contributed by atoms with E-state index in [2.05, 4.69) is 13.8 Å². The van der Waals surface area contributed by atoms with Crippen LogP contribution in [0.3, 0.4) is 0 Å². The summed E-state index contributed by atoms with van der Waals surface area (Å²) < 4.78 is 0. The molecule has 1 aromatic carbocycles. The molecule has 0 heterocycles. The number of ketones is 1. The number of phenols is 1. The number of rotatable bonds is 1. The third-order valence-corrected chi connectivity index (χ3v) is 7.28. The molecule has 0 spiro atoms. The van der Waals surface area contributed by atoms with Crippen LogP contribution in [0.4, 0.5) is 0 Å². The Morgan fingerprint density at radius 2 is 2.09 bits per heavy atom. The molecule has 1 aromatic rings. The SMILES string of the molecule is CC[C@H]1CCC2C3CC(=O)c4cc(O)ccc4C3CC[C@@]21C. The molecule has 22 heavy (non-hydrogen) atoms. The van der Waals surface area contributed by atoms with Crippen molar-refractivity contribution in [2.75, 3.05) is 0 Å². The van der Waals surface area contributed by atoms with Crippen molar-refractivity contribution in [3.8, 4) is 5.75 Å². The fraction of sp³-hybridized carbons (Fsp3) is 0.650. The van der Waals surface area contributed by atoms with Gasteiger partial charge in [0.25, 0.3) is 0 Å². The zero-order chi connectivity index (χ0) is 15.5. The van der Waals surface area contributed by atoms with Gasteiger partial charge in [0.15, 0.2) is 5.78 Å². The summed E-state index contributed by atoms with van der Waals surface area (Å²) >= 11 is 0. The third-order valence-electron chi connectivity index (χ3n) is 7.28. The number of carbonyl (C=O) groups is 1. The van der Waals surface area contributed by atoms with E-state index < -0.39 is 0 Å². The first kappa shape index (κ1) is 14.3. The standard InChI is InChI=1S/C20H26O2/c1-3-12-4-7-18-16-11-19(22)17-10-13(21)5-6-14(17)15(16)8-9-20(12,18)2/h5-6,10,12,15-16,18,21H,3-4,7-9,11H2,1-2H3/t12-,15?,16?,18?,20+/m0/s1. The largest absolute Gasteiger partial charge is 0.508 e. The van der Waals surface area contributed by atoms with Crippen LogP contribution in [0.25, 0.3) is 0 Å². The molecule has 4 rings (SSSR count). The lowest BCUT2D eigenvalue weighted by Crippen LogP contribution is -2.43. The highest BCUT2D eigenvalue weighted by Crippen LogP contribution is 2.63. The van der Waals surface area contributed by atoms with Crippen molar-refractivity contribution in [2.24, 2.45) is 23.2 Å². The first-order chi connectivity index (χ1) is 10.5. The highest BCUT2D eigenvalue weighted by Gasteiger charge is 2.54. The first-order valence-corrected chi connectivity index (χ1v) is 8.90. The summed E-state index contributed by atoms with van der Waals surface area (Å²) in [6.45, 7) is 4.82. The lowest BCUT2D eigenvalue weighted by molar-refractivity contribution is 0.0270. The quantitative estimate of drug-likeness (QED) is 0.799. The van der Waals surface area contributed by atoms with Gasteiger partial charge in [-0.3, -0.25) is 4.79 Å². The van der Waals surface area contributed by atoms with E-state index in [9.17, 15) is 9.90 Å². The number of benzene rings is 1. The number of carbonyl (C=O) groups excluding carboxylic acids is 1. The van der Waals surface area contributed by atoms with Gasteiger partial charge in [-0.1, -0.05) is 26.3 Å². The van der Waals surface area contributed by atoms with Crippen molar-refractivity contribution in [1.29, 1.82) is 0 Å². The zero-order valence-electron chi connectivity index (χ0n) is 13.6. The fourth-order valence-electron chi connectivity index (χ4n) is 6.17. The average Bonchev–Trinajstić information content (AvgIpc) is 2.84. The van der Waals surface area contributed by atoms with E-state index in [1.165, 1.54) is 37.7 Å². The molecular formula is C20H26O2. The van der Waals surface area contributed by atoms with Gasteiger partial charge in [0.05, 0.1) is 0 Å². The van der Waals surface area contributed by atoms with E-state index in [0.717, 1.165) is 11.5 Å². The summed E-state index contributed by atoms with van der Waals surface area (Å²) in [4.78, 5) is 12.6. The Morgan fingerprint density at radius 1 is 1.27 bits per heavy atom. The van der Waals surface area contributed by atoms with E-state index in [-0.39, 0.29) is 11.5 Å². The Balaban J connectivity index is 1.74. The first-order valence-electron chi connectivity index (χ1n) is 8.90. The fourth-order valence-corrected chi connectivity index (χ4v) is 6.17. The number of aromatic hydroxyl groups is 1. The number of hydrogen-bond acceptors (Lipinski definition) is 2. The second-order valence-corrected chi connectivity index (χ2v) is 8.00. The van der Waals surface area contributed by atoms with Crippen LogP contribution < -0.4 is 0 Å².